The van der Waals surface area contributed by atoms with Crippen molar-refractivity contribution in [3.63, 3.8) is 0 Å². The van der Waals surface area contributed by atoms with Gasteiger partial charge < -0.3 is 19.5 Å². The molecule has 0 aliphatic carbocycles. The van der Waals surface area contributed by atoms with Crippen LogP contribution in [-0.4, -0.2) is 79.0 Å². The lowest BCUT2D eigenvalue weighted by Gasteiger charge is -2.27. The number of hydrogen-bond donors (Lipinski definition) is 1. The molecule has 102 valence electrons. The van der Waals surface area contributed by atoms with Gasteiger partial charge >= 0.3 is 12.1 Å². The maximum absolute atomic E-state index is 11.8. The van der Waals surface area contributed by atoms with Crippen LogP contribution in [0.1, 0.15) is 6.42 Å². The van der Waals surface area contributed by atoms with Crippen molar-refractivity contribution in [2.24, 2.45) is 0 Å². The van der Waals surface area contributed by atoms with Crippen molar-refractivity contribution in [1.82, 2.24) is 9.80 Å². The van der Waals surface area contributed by atoms with Crippen LogP contribution in [0, 0.1) is 0 Å². The first-order chi connectivity index (χ1) is 8.58. The molecule has 1 amide bonds. The predicted octanol–water partition coefficient (Wildman–Crippen LogP) is -0.387. The van der Waals surface area contributed by atoms with Crippen molar-refractivity contribution in [2.75, 3.05) is 39.9 Å². The second-order valence-corrected chi connectivity index (χ2v) is 4.63. The van der Waals surface area contributed by atoms with Crippen molar-refractivity contribution in [1.29, 1.82) is 0 Å². The van der Waals surface area contributed by atoms with Gasteiger partial charge in [0.25, 0.3) is 0 Å². The Kier molecular flexibility index (Phi) is 4.03. The fourth-order valence-corrected chi connectivity index (χ4v) is 2.29. The number of carboxylic acids is 1. The van der Waals surface area contributed by atoms with Crippen LogP contribution in [0.3, 0.4) is 0 Å². The van der Waals surface area contributed by atoms with Gasteiger partial charge in [-0.05, 0) is 7.05 Å². The Morgan fingerprint density at radius 2 is 2.00 bits per heavy atom. The highest BCUT2D eigenvalue weighted by Crippen LogP contribution is 2.19. The van der Waals surface area contributed by atoms with E-state index in [1.54, 1.807) is 16.8 Å². The number of amides is 1. The van der Waals surface area contributed by atoms with E-state index in [1.807, 2.05) is 0 Å². The molecule has 2 rings (SSSR count). The molecule has 0 radical (unpaired) electrons. The minimum atomic E-state index is -0.873. The molecular formula is C11H18N2O5. The molecule has 2 aliphatic rings. The number of rotatable bonds is 2. The number of nitrogens with zero attached hydrogens (tertiary/aromatic N) is 2. The Hall–Kier alpha value is -1.34. The summed E-state index contributed by atoms with van der Waals surface area (Å²) in [4.78, 5) is 26.0. The molecule has 7 nitrogen and oxygen atoms in total. The fourth-order valence-electron chi connectivity index (χ4n) is 2.29. The number of carboxylic acid groups (broad SMARTS) is 1. The van der Waals surface area contributed by atoms with Crippen LogP contribution in [0.25, 0.3) is 0 Å². The van der Waals surface area contributed by atoms with Crippen LogP contribution in [0.5, 0.6) is 0 Å². The summed E-state index contributed by atoms with van der Waals surface area (Å²) in [6.45, 7) is 2.58. The molecule has 2 fully saturated rings. The van der Waals surface area contributed by atoms with Gasteiger partial charge in [0.1, 0.15) is 12.1 Å². The lowest BCUT2D eigenvalue weighted by Crippen LogP contribution is -2.42. The van der Waals surface area contributed by atoms with Crippen LogP contribution in [0.2, 0.25) is 0 Å². The van der Waals surface area contributed by atoms with Crippen molar-refractivity contribution < 1.29 is 24.2 Å². The van der Waals surface area contributed by atoms with Gasteiger partial charge in [-0.2, -0.15) is 0 Å². The first kappa shape index (κ1) is 13.1. The molecule has 2 heterocycles. The SMILES string of the molecule is CN1C[C@H](OC(=O)N2CCOCC2)C[C@H]1C(=O)O. The number of carbonyl (C=O) groups is 2. The van der Waals surface area contributed by atoms with E-state index in [4.69, 9.17) is 14.6 Å². The Morgan fingerprint density at radius 1 is 1.33 bits per heavy atom. The average Bonchev–Trinajstić information content (AvgIpc) is 2.71. The lowest BCUT2D eigenvalue weighted by atomic mass is 10.2. The van der Waals surface area contributed by atoms with Gasteiger partial charge in [0, 0.05) is 26.1 Å². The summed E-state index contributed by atoms with van der Waals surface area (Å²) in [5.41, 5.74) is 0. The van der Waals surface area contributed by atoms with E-state index in [-0.39, 0.29) is 12.2 Å². The van der Waals surface area contributed by atoms with Gasteiger partial charge in [-0.1, -0.05) is 0 Å². The molecule has 0 spiro atoms. The smallest absolute Gasteiger partial charge is 0.410 e. The highest BCUT2D eigenvalue weighted by Gasteiger charge is 2.37. The first-order valence-corrected chi connectivity index (χ1v) is 6.04. The quantitative estimate of drug-likeness (QED) is 0.727. The van der Waals surface area contributed by atoms with Crippen molar-refractivity contribution in [3.05, 3.63) is 0 Å². The summed E-state index contributed by atoms with van der Waals surface area (Å²) in [7, 11) is 1.72. The summed E-state index contributed by atoms with van der Waals surface area (Å²) < 4.78 is 10.5. The highest BCUT2D eigenvalue weighted by molar-refractivity contribution is 5.74. The number of morpholine rings is 1. The minimum Gasteiger partial charge on any atom is -0.480 e. The predicted molar refractivity (Wildman–Crippen MR) is 61.3 cm³/mol. The van der Waals surface area contributed by atoms with Crippen LogP contribution >= 0.6 is 0 Å². The van der Waals surface area contributed by atoms with Crippen LogP contribution in [0.4, 0.5) is 4.79 Å². The van der Waals surface area contributed by atoms with Gasteiger partial charge in [-0.15, -0.1) is 0 Å². The van der Waals surface area contributed by atoms with Crippen LogP contribution < -0.4 is 0 Å². The lowest BCUT2D eigenvalue weighted by molar-refractivity contribution is -0.141. The normalized spacial score (nSPS) is 29.3. The molecule has 0 aromatic carbocycles. The van der Waals surface area contributed by atoms with E-state index in [0.717, 1.165) is 0 Å². The molecule has 2 saturated heterocycles. The monoisotopic (exact) mass is 258 g/mol. The average molecular weight is 258 g/mol. The number of likely N-dealkylation sites (N-methyl/N-ethyl adjacent to an activating group) is 1. The largest absolute Gasteiger partial charge is 0.480 e. The maximum Gasteiger partial charge on any atom is 0.410 e. The molecule has 1 N–H and O–H groups in total. The number of likely N-dealkylation sites (tertiary alicyclic amines) is 1. The molecule has 7 heteroatoms. The van der Waals surface area contributed by atoms with Crippen molar-refractivity contribution in [3.8, 4) is 0 Å². The number of aliphatic carboxylic acids is 1. The second-order valence-electron chi connectivity index (χ2n) is 4.63. The maximum atomic E-state index is 11.8. The molecular weight excluding hydrogens is 240 g/mol. The number of hydrogen-bond acceptors (Lipinski definition) is 5. The first-order valence-electron chi connectivity index (χ1n) is 6.04. The fraction of sp³-hybridized carbons (Fsp3) is 0.818. The van der Waals surface area contributed by atoms with Crippen molar-refractivity contribution >= 4 is 12.1 Å². The zero-order chi connectivity index (χ0) is 13.1. The van der Waals surface area contributed by atoms with E-state index in [0.29, 0.717) is 39.3 Å². The second kappa shape index (κ2) is 5.53. The summed E-state index contributed by atoms with van der Waals surface area (Å²) in [6, 6.07) is -0.563. The third kappa shape index (κ3) is 2.91. The summed E-state index contributed by atoms with van der Waals surface area (Å²) in [6.07, 6.45) is -0.365. The van der Waals surface area contributed by atoms with Gasteiger partial charge in [0.05, 0.1) is 13.2 Å². The Balaban J connectivity index is 1.83. The van der Waals surface area contributed by atoms with E-state index >= 15 is 0 Å². The van der Waals surface area contributed by atoms with E-state index in [1.165, 1.54) is 0 Å². The van der Waals surface area contributed by atoms with Crippen LogP contribution in [-0.2, 0) is 14.3 Å². The van der Waals surface area contributed by atoms with E-state index in [9.17, 15) is 9.59 Å². The molecule has 0 aromatic heterocycles. The molecule has 0 unspecified atom stereocenters. The molecule has 0 aromatic rings. The van der Waals surface area contributed by atoms with Gasteiger partial charge in [-0.3, -0.25) is 9.69 Å². The summed E-state index contributed by atoms with van der Waals surface area (Å²) >= 11 is 0. The Bertz CT molecular complexity index is 329. The molecule has 2 aliphatic heterocycles. The van der Waals surface area contributed by atoms with E-state index < -0.39 is 12.0 Å². The molecule has 0 bridgehead atoms. The number of carbonyl (C=O) groups excluding carboxylic acids is 1. The molecule has 0 saturated carbocycles. The number of ether oxygens (including phenoxy) is 2. The Labute approximate surface area is 105 Å². The van der Waals surface area contributed by atoms with Gasteiger partial charge in [-0.25, -0.2) is 4.79 Å². The minimum absolute atomic E-state index is 0.341. The standard InChI is InChI=1S/C11H18N2O5/c1-12-7-8(6-9(12)10(14)15)18-11(16)13-2-4-17-5-3-13/h8-9H,2-7H2,1H3,(H,14,15)/t8-,9+/m1/s1. The zero-order valence-electron chi connectivity index (χ0n) is 10.4. The summed E-state index contributed by atoms with van der Waals surface area (Å²) in [5.74, 6) is -0.873. The van der Waals surface area contributed by atoms with E-state index in [2.05, 4.69) is 0 Å². The zero-order valence-corrected chi connectivity index (χ0v) is 10.4. The third-order valence-electron chi connectivity index (χ3n) is 3.33. The van der Waals surface area contributed by atoms with Gasteiger partial charge in [0.2, 0.25) is 0 Å². The molecule has 2 atom stereocenters. The Morgan fingerprint density at radius 3 is 2.56 bits per heavy atom. The summed E-state index contributed by atoms with van der Waals surface area (Å²) in [5, 5.41) is 8.98. The third-order valence-corrected chi connectivity index (χ3v) is 3.33. The van der Waals surface area contributed by atoms with Gasteiger partial charge in [0.15, 0.2) is 0 Å². The highest BCUT2D eigenvalue weighted by atomic mass is 16.6. The van der Waals surface area contributed by atoms with Crippen molar-refractivity contribution in [2.45, 2.75) is 18.6 Å². The topological polar surface area (TPSA) is 79.3 Å². The van der Waals surface area contributed by atoms with Crippen LogP contribution in [0.15, 0.2) is 0 Å². The molecule has 18 heavy (non-hydrogen) atoms.